The highest BCUT2D eigenvalue weighted by atomic mass is 16.5. The van der Waals surface area contributed by atoms with Gasteiger partial charge in [-0.05, 0) is 19.5 Å². The zero-order valence-corrected chi connectivity index (χ0v) is 9.69. The van der Waals surface area contributed by atoms with Gasteiger partial charge in [0.25, 0.3) is 5.91 Å². The third-order valence-electron chi connectivity index (χ3n) is 2.27. The summed E-state index contributed by atoms with van der Waals surface area (Å²) < 4.78 is 5.35. The largest absolute Gasteiger partial charge is 0.483 e. The molecule has 1 unspecified atom stereocenters. The monoisotopic (exact) mass is 222 g/mol. The van der Waals surface area contributed by atoms with Crippen LogP contribution in [0.4, 0.5) is 0 Å². The van der Waals surface area contributed by atoms with Crippen molar-refractivity contribution in [2.45, 2.75) is 19.9 Å². The molecule has 1 aromatic carbocycles. The summed E-state index contributed by atoms with van der Waals surface area (Å²) in [6.45, 7) is 4.89. The fourth-order valence-corrected chi connectivity index (χ4v) is 1.53. The predicted molar refractivity (Wildman–Crippen MR) is 63.2 cm³/mol. The molecule has 1 rings (SSSR count). The zero-order valence-electron chi connectivity index (χ0n) is 9.69. The Labute approximate surface area is 95.8 Å². The number of hydrogen-bond donors (Lipinski definition) is 2. The number of hydrogen-bond acceptors (Lipinski definition) is 3. The van der Waals surface area contributed by atoms with Crippen molar-refractivity contribution in [2.24, 2.45) is 5.73 Å². The highest BCUT2D eigenvalue weighted by molar-refractivity contribution is 5.75. The summed E-state index contributed by atoms with van der Waals surface area (Å²) in [4.78, 5) is 10.7. The van der Waals surface area contributed by atoms with Crippen molar-refractivity contribution in [1.29, 1.82) is 0 Å². The lowest BCUT2D eigenvalue weighted by Crippen LogP contribution is -2.22. The van der Waals surface area contributed by atoms with Crippen LogP contribution < -0.4 is 15.8 Å². The Balaban J connectivity index is 2.78. The highest BCUT2D eigenvalue weighted by Crippen LogP contribution is 2.24. The van der Waals surface area contributed by atoms with Crippen molar-refractivity contribution >= 4 is 5.91 Å². The number of nitrogens with two attached hydrogens (primary N) is 1. The number of para-hydroxylation sites is 1. The Morgan fingerprint density at radius 3 is 2.81 bits per heavy atom. The lowest BCUT2D eigenvalue weighted by atomic mass is 10.1. The van der Waals surface area contributed by atoms with E-state index in [0.29, 0.717) is 5.75 Å². The molecule has 4 nitrogen and oxygen atoms in total. The van der Waals surface area contributed by atoms with Crippen LogP contribution in [0.1, 0.15) is 25.5 Å². The smallest absolute Gasteiger partial charge is 0.255 e. The molecule has 0 heterocycles. The maximum Gasteiger partial charge on any atom is 0.255 e. The molecule has 4 heteroatoms. The SMILES string of the molecule is CCNC(C)c1ccccc1OCC(N)=O. The van der Waals surface area contributed by atoms with Crippen molar-refractivity contribution < 1.29 is 9.53 Å². The van der Waals surface area contributed by atoms with Crippen LogP contribution in [-0.4, -0.2) is 19.1 Å². The molecule has 3 N–H and O–H groups in total. The summed E-state index contributed by atoms with van der Waals surface area (Å²) in [7, 11) is 0. The Kier molecular flexibility index (Phi) is 4.79. The van der Waals surface area contributed by atoms with Crippen molar-refractivity contribution in [3.05, 3.63) is 29.8 Å². The van der Waals surface area contributed by atoms with Gasteiger partial charge in [-0.1, -0.05) is 25.1 Å². The van der Waals surface area contributed by atoms with Crippen LogP contribution in [0.15, 0.2) is 24.3 Å². The van der Waals surface area contributed by atoms with Gasteiger partial charge >= 0.3 is 0 Å². The number of carbonyl (C=O) groups is 1. The second-order valence-electron chi connectivity index (χ2n) is 3.57. The molecule has 0 fully saturated rings. The summed E-state index contributed by atoms with van der Waals surface area (Å²) in [6, 6.07) is 7.82. The molecular formula is C12H18N2O2. The summed E-state index contributed by atoms with van der Waals surface area (Å²) in [6.07, 6.45) is 0. The molecule has 0 saturated carbocycles. The summed E-state index contributed by atoms with van der Waals surface area (Å²) in [5.41, 5.74) is 6.08. The van der Waals surface area contributed by atoms with Gasteiger partial charge in [0.2, 0.25) is 0 Å². The molecule has 0 bridgehead atoms. The lowest BCUT2D eigenvalue weighted by molar-refractivity contribution is -0.119. The minimum absolute atomic E-state index is 0.0874. The van der Waals surface area contributed by atoms with E-state index in [1.54, 1.807) is 0 Å². The molecule has 1 amide bonds. The first-order valence-corrected chi connectivity index (χ1v) is 5.38. The van der Waals surface area contributed by atoms with Crippen LogP contribution in [0, 0.1) is 0 Å². The first-order chi connectivity index (χ1) is 7.65. The second kappa shape index (κ2) is 6.12. The van der Waals surface area contributed by atoms with E-state index in [1.807, 2.05) is 31.2 Å². The van der Waals surface area contributed by atoms with Crippen LogP contribution in [0.5, 0.6) is 5.75 Å². The Bertz CT molecular complexity index is 353. The molecule has 0 spiro atoms. The number of rotatable bonds is 6. The number of primary amides is 1. The minimum atomic E-state index is -0.467. The quantitative estimate of drug-likeness (QED) is 0.760. The van der Waals surface area contributed by atoms with Crippen LogP contribution in [0.25, 0.3) is 0 Å². The molecular weight excluding hydrogens is 204 g/mol. The molecule has 16 heavy (non-hydrogen) atoms. The Morgan fingerprint density at radius 2 is 2.19 bits per heavy atom. The van der Waals surface area contributed by atoms with Gasteiger partial charge < -0.3 is 15.8 Å². The van der Waals surface area contributed by atoms with Gasteiger partial charge in [0.05, 0.1) is 0 Å². The molecule has 0 aliphatic heterocycles. The van der Waals surface area contributed by atoms with E-state index >= 15 is 0 Å². The first-order valence-electron chi connectivity index (χ1n) is 5.38. The van der Waals surface area contributed by atoms with Gasteiger partial charge in [-0.15, -0.1) is 0 Å². The van der Waals surface area contributed by atoms with Crippen LogP contribution >= 0.6 is 0 Å². The van der Waals surface area contributed by atoms with E-state index in [0.717, 1.165) is 12.1 Å². The second-order valence-corrected chi connectivity index (χ2v) is 3.57. The number of carbonyl (C=O) groups excluding carboxylic acids is 1. The van der Waals surface area contributed by atoms with E-state index in [1.165, 1.54) is 0 Å². The number of benzene rings is 1. The Morgan fingerprint density at radius 1 is 1.50 bits per heavy atom. The van der Waals surface area contributed by atoms with Crippen LogP contribution in [0.3, 0.4) is 0 Å². The standard InChI is InChI=1S/C12H18N2O2/c1-3-14-9(2)10-6-4-5-7-11(10)16-8-12(13)15/h4-7,9,14H,3,8H2,1-2H3,(H2,13,15). The van der Waals surface area contributed by atoms with Gasteiger partial charge in [-0.3, -0.25) is 4.79 Å². The number of ether oxygens (including phenoxy) is 1. The maximum atomic E-state index is 10.7. The molecule has 1 atom stereocenters. The number of nitrogens with one attached hydrogen (secondary N) is 1. The lowest BCUT2D eigenvalue weighted by Gasteiger charge is -2.16. The molecule has 0 aliphatic rings. The van der Waals surface area contributed by atoms with Gasteiger partial charge in [0.1, 0.15) is 5.75 Å². The first kappa shape index (κ1) is 12.5. The number of amides is 1. The third-order valence-corrected chi connectivity index (χ3v) is 2.27. The van der Waals surface area contributed by atoms with Gasteiger partial charge in [0, 0.05) is 11.6 Å². The van der Waals surface area contributed by atoms with Crippen molar-refractivity contribution in [2.75, 3.05) is 13.2 Å². The molecule has 0 aliphatic carbocycles. The van der Waals surface area contributed by atoms with Crippen LogP contribution in [-0.2, 0) is 4.79 Å². The van der Waals surface area contributed by atoms with Gasteiger partial charge in [-0.25, -0.2) is 0 Å². The summed E-state index contributed by atoms with van der Waals surface area (Å²) in [5, 5.41) is 3.29. The van der Waals surface area contributed by atoms with Crippen molar-refractivity contribution in [1.82, 2.24) is 5.32 Å². The Hall–Kier alpha value is -1.55. The van der Waals surface area contributed by atoms with Crippen molar-refractivity contribution in [3.8, 4) is 5.75 Å². The normalized spacial score (nSPS) is 12.1. The van der Waals surface area contributed by atoms with E-state index in [9.17, 15) is 4.79 Å². The predicted octanol–water partition coefficient (Wildman–Crippen LogP) is 1.22. The van der Waals surface area contributed by atoms with Gasteiger partial charge in [0.15, 0.2) is 6.61 Å². The highest BCUT2D eigenvalue weighted by Gasteiger charge is 2.10. The average Bonchev–Trinajstić information content (AvgIpc) is 2.27. The van der Waals surface area contributed by atoms with E-state index in [4.69, 9.17) is 10.5 Å². The molecule has 0 aromatic heterocycles. The molecule has 0 radical (unpaired) electrons. The summed E-state index contributed by atoms with van der Waals surface area (Å²) in [5.74, 6) is 0.237. The van der Waals surface area contributed by atoms with E-state index < -0.39 is 5.91 Å². The zero-order chi connectivity index (χ0) is 12.0. The topological polar surface area (TPSA) is 64.3 Å². The minimum Gasteiger partial charge on any atom is -0.483 e. The third kappa shape index (κ3) is 3.55. The van der Waals surface area contributed by atoms with Crippen LogP contribution in [0.2, 0.25) is 0 Å². The van der Waals surface area contributed by atoms with E-state index in [-0.39, 0.29) is 12.6 Å². The van der Waals surface area contributed by atoms with Crippen molar-refractivity contribution in [3.63, 3.8) is 0 Å². The summed E-state index contributed by atoms with van der Waals surface area (Å²) >= 11 is 0. The van der Waals surface area contributed by atoms with E-state index in [2.05, 4.69) is 12.2 Å². The fraction of sp³-hybridized carbons (Fsp3) is 0.417. The fourth-order valence-electron chi connectivity index (χ4n) is 1.53. The van der Waals surface area contributed by atoms with Gasteiger partial charge in [-0.2, -0.15) is 0 Å². The maximum absolute atomic E-state index is 10.7. The molecule has 1 aromatic rings. The molecule has 0 saturated heterocycles. The average molecular weight is 222 g/mol. The molecule has 88 valence electrons.